The van der Waals surface area contributed by atoms with Crippen LogP contribution in [0.1, 0.15) is 16.1 Å². The largest absolute Gasteiger partial charge is 0.465 e. The van der Waals surface area contributed by atoms with E-state index in [1.165, 1.54) is 19.4 Å². The summed E-state index contributed by atoms with van der Waals surface area (Å²) in [4.78, 5) is 34.5. The number of hydrogen-bond donors (Lipinski definition) is 0. The van der Waals surface area contributed by atoms with Gasteiger partial charge in [-0.25, -0.2) is 14.8 Å². The van der Waals surface area contributed by atoms with Crippen LogP contribution in [0.15, 0.2) is 30.6 Å². The minimum absolute atomic E-state index is 0.0373. The molecule has 2 aromatic heterocycles. The molecule has 10 nitrogen and oxygen atoms in total. The zero-order valence-corrected chi connectivity index (χ0v) is 14.5. The van der Waals surface area contributed by atoms with Crippen LogP contribution in [-0.2, 0) is 4.74 Å². The van der Waals surface area contributed by atoms with Crippen LogP contribution in [0.4, 0.5) is 17.2 Å². The summed E-state index contributed by atoms with van der Waals surface area (Å²) in [6.45, 7) is 2.27. The minimum atomic E-state index is -0.671. The van der Waals surface area contributed by atoms with E-state index in [1.807, 2.05) is 17.0 Å². The lowest BCUT2D eigenvalue weighted by molar-refractivity contribution is -0.384. The van der Waals surface area contributed by atoms with Crippen LogP contribution in [-0.4, -0.2) is 54.1 Å². The Morgan fingerprint density at radius 3 is 2.48 bits per heavy atom. The van der Waals surface area contributed by atoms with Crippen molar-refractivity contribution in [3.8, 4) is 6.07 Å². The topological polar surface area (TPSA) is 125 Å². The molecule has 1 fully saturated rings. The van der Waals surface area contributed by atoms with E-state index in [-0.39, 0.29) is 17.1 Å². The van der Waals surface area contributed by atoms with Gasteiger partial charge in [0.15, 0.2) is 0 Å². The zero-order chi connectivity index (χ0) is 19.4. The van der Waals surface area contributed by atoms with Crippen molar-refractivity contribution in [2.75, 3.05) is 43.1 Å². The Morgan fingerprint density at radius 2 is 1.93 bits per heavy atom. The summed E-state index contributed by atoms with van der Waals surface area (Å²) in [7, 11) is 1.21. The Kier molecular flexibility index (Phi) is 5.12. The number of aromatic nitrogens is 2. The highest BCUT2D eigenvalue weighted by Crippen LogP contribution is 2.28. The second-order valence-electron chi connectivity index (χ2n) is 5.80. The molecule has 0 aromatic carbocycles. The third-order valence-electron chi connectivity index (χ3n) is 4.27. The first-order chi connectivity index (χ1) is 13.0. The van der Waals surface area contributed by atoms with Crippen LogP contribution < -0.4 is 9.80 Å². The summed E-state index contributed by atoms with van der Waals surface area (Å²) in [6.07, 6.45) is 2.92. The van der Waals surface area contributed by atoms with E-state index in [0.29, 0.717) is 31.9 Å². The number of ether oxygens (including phenoxy) is 1. The van der Waals surface area contributed by atoms with Crippen molar-refractivity contribution >= 4 is 23.2 Å². The Labute approximate surface area is 154 Å². The first-order valence-corrected chi connectivity index (χ1v) is 8.12. The fourth-order valence-electron chi connectivity index (χ4n) is 2.87. The number of carbonyl (C=O) groups excluding carboxylic acids is 1. The predicted octanol–water partition coefficient (Wildman–Crippen LogP) is 1.37. The maximum absolute atomic E-state index is 11.6. The zero-order valence-electron chi connectivity index (χ0n) is 14.5. The second kappa shape index (κ2) is 7.65. The molecule has 2 aromatic rings. The van der Waals surface area contributed by atoms with Gasteiger partial charge in [-0.1, -0.05) is 0 Å². The summed E-state index contributed by atoms with van der Waals surface area (Å²) in [5.74, 6) is -0.444. The molecular formula is C17H16N6O4. The van der Waals surface area contributed by atoms with Crippen LogP contribution in [0.25, 0.3) is 0 Å². The van der Waals surface area contributed by atoms with Gasteiger partial charge in [-0.3, -0.25) is 10.1 Å². The average Bonchev–Trinajstić information content (AvgIpc) is 2.73. The van der Waals surface area contributed by atoms with Crippen molar-refractivity contribution < 1.29 is 14.5 Å². The SMILES string of the molecule is COC(=O)c1cnc(N2CCN(c3ccc(C#N)nc3)CC2)c([N+](=O)[O-])c1. The number of piperazine rings is 1. The van der Waals surface area contributed by atoms with Gasteiger partial charge in [-0.05, 0) is 12.1 Å². The number of nitro groups is 1. The van der Waals surface area contributed by atoms with E-state index in [1.54, 1.807) is 12.3 Å². The number of rotatable bonds is 4. The summed E-state index contributed by atoms with van der Waals surface area (Å²) in [6, 6.07) is 6.64. The van der Waals surface area contributed by atoms with Crippen molar-refractivity contribution in [1.82, 2.24) is 9.97 Å². The maximum atomic E-state index is 11.6. The number of nitriles is 1. The molecule has 1 aliphatic heterocycles. The lowest BCUT2D eigenvalue weighted by Gasteiger charge is -2.36. The number of carbonyl (C=O) groups is 1. The van der Waals surface area contributed by atoms with Crippen LogP contribution in [0, 0.1) is 21.4 Å². The highest BCUT2D eigenvalue weighted by atomic mass is 16.6. The second-order valence-corrected chi connectivity index (χ2v) is 5.80. The summed E-state index contributed by atoms with van der Waals surface area (Å²) in [5, 5.41) is 20.2. The Morgan fingerprint density at radius 1 is 1.22 bits per heavy atom. The summed E-state index contributed by atoms with van der Waals surface area (Å²) in [5.41, 5.74) is 1.04. The van der Waals surface area contributed by atoms with Gasteiger partial charge in [0, 0.05) is 38.4 Å². The fourth-order valence-corrected chi connectivity index (χ4v) is 2.87. The molecule has 27 heavy (non-hydrogen) atoms. The Bertz CT molecular complexity index is 901. The molecule has 3 rings (SSSR count). The third-order valence-corrected chi connectivity index (χ3v) is 4.27. The van der Waals surface area contributed by atoms with Crippen molar-refractivity contribution in [1.29, 1.82) is 5.26 Å². The molecule has 0 amide bonds. The smallest absolute Gasteiger partial charge is 0.339 e. The molecule has 0 saturated carbocycles. The Hall–Kier alpha value is -3.74. The number of hydrogen-bond acceptors (Lipinski definition) is 9. The van der Waals surface area contributed by atoms with Crippen LogP contribution in [0.5, 0.6) is 0 Å². The Balaban J connectivity index is 1.76. The fraction of sp³-hybridized carbons (Fsp3) is 0.294. The monoisotopic (exact) mass is 368 g/mol. The molecule has 3 heterocycles. The molecule has 0 bridgehead atoms. The third kappa shape index (κ3) is 3.77. The molecule has 1 saturated heterocycles. The van der Waals surface area contributed by atoms with Gasteiger partial charge in [0.1, 0.15) is 11.8 Å². The van der Waals surface area contributed by atoms with Gasteiger partial charge in [-0.15, -0.1) is 0 Å². The van der Waals surface area contributed by atoms with Crippen molar-refractivity contribution in [3.63, 3.8) is 0 Å². The quantitative estimate of drug-likeness (QED) is 0.447. The number of methoxy groups -OCH3 is 1. The first-order valence-electron chi connectivity index (χ1n) is 8.12. The molecule has 0 spiro atoms. The number of pyridine rings is 2. The number of anilines is 2. The molecule has 1 aliphatic rings. The molecule has 0 unspecified atom stereocenters. The normalized spacial score (nSPS) is 13.8. The van der Waals surface area contributed by atoms with Crippen LogP contribution in [0.3, 0.4) is 0 Å². The van der Waals surface area contributed by atoms with Gasteiger partial charge >= 0.3 is 11.7 Å². The average molecular weight is 368 g/mol. The molecule has 0 aliphatic carbocycles. The lowest BCUT2D eigenvalue weighted by Crippen LogP contribution is -2.47. The maximum Gasteiger partial charge on any atom is 0.339 e. The lowest BCUT2D eigenvalue weighted by atomic mass is 10.2. The van der Waals surface area contributed by atoms with Gasteiger partial charge < -0.3 is 14.5 Å². The van der Waals surface area contributed by atoms with Crippen molar-refractivity contribution in [2.24, 2.45) is 0 Å². The molecular weight excluding hydrogens is 352 g/mol. The van der Waals surface area contributed by atoms with E-state index < -0.39 is 10.9 Å². The molecule has 0 N–H and O–H groups in total. The van der Waals surface area contributed by atoms with Gasteiger partial charge in [-0.2, -0.15) is 5.26 Å². The van der Waals surface area contributed by atoms with Crippen molar-refractivity contribution in [3.05, 3.63) is 52.0 Å². The number of nitrogens with zero attached hydrogens (tertiary/aromatic N) is 6. The molecule has 10 heteroatoms. The minimum Gasteiger partial charge on any atom is -0.465 e. The summed E-state index contributed by atoms with van der Waals surface area (Å²) >= 11 is 0. The van der Waals surface area contributed by atoms with Crippen molar-refractivity contribution in [2.45, 2.75) is 0 Å². The van der Waals surface area contributed by atoms with Crippen LogP contribution >= 0.6 is 0 Å². The van der Waals surface area contributed by atoms with Gasteiger partial charge in [0.25, 0.3) is 0 Å². The molecule has 138 valence electrons. The summed E-state index contributed by atoms with van der Waals surface area (Å²) < 4.78 is 4.59. The van der Waals surface area contributed by atoms with E-state index in [0.717, 1.165) is 5.69 Å². The standard InChI is InChI=1S/C17H16N6O4/c1-27-17(24)12-8-15(23(25)26)16(20-10-12)22-6-4-21(5-7-22)14-3-2-13(9-18)19-11-14/h2-3,8,10-11H,4-7H2,1H3. The highest BCUT2D eigenvalue weighted by Gasteiger charge is 2.27. The van der Waals surface area contributed by atoms with Crippen LogP contribution in [0.2, 0.25) is 0 Å². The van der Waals surface area contributed by atoms with Gasteiger partial charge in [0.05, 0.1) is 29.5 Å². The first kappa shape index (κ1) is 18.1. The van der Waals surface area contributed by atoms with E-state index in [2.05, 4.69) is 19.6 Å². The predicted molar refractivity (Wildman–Crippen MR) is 95.6 cm³/mol. The van der Waals surface area contributed by atoms with E-state index >= 15 is 0 Å². The molecule has 0 radical (unpaired) electrons. The van der Waals surface area contributed by atoms with Gasteiger partial charge in [0.2, 0.25) is 5.82 Å². The number of esters is 1. The molecule has 0 atom stereocenters. The van der Waals surface area contributed by atoms with E-state index in [4.69, 9.17) is 5.26 Å². The highest BCUT2D eigenvalue weighted by molar-refractivity contribution is 5.90. The van der Waals surface area contributed by atoms with E-state index in [9.17, 15) is 14.9 Å².